The summed E-state index contributed by atoms with van der Waals surface area (Å²) in [7, 11) is 2.07. The molecule has 0 spiro atoms. The summed E-state index contributed by atoms with van der Waals surface area (Å²) >= 11 is 0. The number of anilines is 3. The van der Waals surface area contributed by atoms with E-state index in [0.717, 1.165) is 43.1 Å². The SMILES string of the molecule is COc1c(NC(=O)c2ccc(C)c(Oc3ccnc(N[C@H]4CC[C@H](N(C)C)CC4)n3)c2)cc(C(C)(C)C)cc1NS(C)(=O)=O. The molecule has 2 aromatic carbocycles. The smallest absolute Gasteiger partial charge is 0.255 e. The minimum absolute atomic E-state index is 0.205. The van der Waals surface area contributed by atoms with Crippen LogP contribution in [0.1, 0.15) is 67.9 Å². The maximum absolute atomic E-state index is 13.5. The normalized spacial score (nSPS) is 17.2. The van der Waals surface area contributed by atoms with Gasteiger partial charge in [-0.3, -0.25) is 9.52 Å². The van der Waals surface area contributed by atoms with Crippen LogP contribution in [-0.2, 0) is 15.4 Å². The van der Waals surface area contributed by atoms with Gasteiger partial charge in [0.1, 0.15) is 5.75 Å². The molecule has 0 atom stereocenters. The number of nitrogens with zero attached hydrogens (tertiary/aromatic N) is 3. The molecule has 0 saturated heterocycles. The minimum Gasteiger partial charge on any atom is -0.492 e. The molecule has 0 aliphatic heterocycles. The molecule has 3 N–H and O–H groups in total. The zero-order valence-electron chi connectivity index (χ0n) is 26.8. The van der Waals surface area contributed by atoms with Gasteiger partial charge in [-0.05, 0) is 87.5 Å². The van der Waals surface area contributed by atoms with Crippen molar-refractivity contribution in [2.75, 3.05) is 42.8 Å². The molecule has 11 nitrogen and oxygen atoms in total. The predicted octanol–water partition coefficient (Wildman–Crippen LogP) is 5.79. The third-order valence-corrected chi connectivity index (χ3v) is 8.35. The van der Waals surface area contributed by atoms with Crippen LogP contribution in [0.25, 0.3) is 0 Å². The van der Waals surface area contributed by atoms with E-state index in [1.807, 2.05) is 27.7 Å². The summed E-state index contributed by atoms with van der Waals surface area (Å²) in [5.41, 5.74) is 2.23. The molecule has 3 aromatic rings. The van der Waals surface area contributed by atoms with Gasteiger partial charge in [-0.1, -0.05) is 26.8 Å². The van der Waals surface area contributed by atoms with E-state index in [0.29, 0.717) is 40.9 Å². The Bertz CT molecular complexity index is 1600. The predicted molar refractivity (Wildman–Crippen MR) is 175 cm³/mol. The fraction of sp³-hybridized carbons (Fsp3) is 0.469. The Morgan fingerprint density at radius 2 is 1.70 bits per heavy atom. The fourth-order valence-corrected chi connectivity index (χ4v) is 5.75. The zero-order valence-corrected chi connectivity index (χ0v) is 27.6. The molecule has 0 radical (unpaired) electrons. The monoisotopic (exact) mass is 624 g/mol. The maximum Gasteiger partial charge on any atom is 0.255 e. The van der Waals surface area contributed by atoms with Crippen molar-refractivity contribution in [3.8, 4) is 17.4 Å². The standard InChI is InChI=1S/C32H44N6O5S/c1-20-9-10-21(30(39)35-25-18-22(32(2,3)4)19-26(29(25)42-7)37-44(8,40)41)17-27(20)43-28-15-16-33-31(36-28)34-23-11-13-24(14-12-23)38(5)6/h9-10,15-19,23-24,37H,11-14H2,1-8H3,(H,35,39)(H,33,34,36)/t23-,24-. The van der Waals surface area contributed by atoms with Gasteiger partial charge in [-0.2, -0.15) is 4.98 Å². The summed E-state index contributed by atoms with van der Waals surface area (Å²) in [5, 5.41) is 6.34. The van der Waals surface area contributed by atoms with Crippen molar-refractivity contribution in [3.05, 3.63) is 59.3 Å². The van der Waals surface area contributed by atoms with Crippen LogP contribution >= 0.6 is 0 Å². The molecule has 1 heterocycles. The van der Waals surface area contributed by atoms with Crippen LogP contribution in [0.5, 0.6) is 17.4 Å². The number of hydrogen-bond acceptors (Lipinski definition) is 9. The van der Waals surface area contributed by atoms with Crippen LogP contribution in [0.3, 0.4) is 0 Å². The Morgan fingerprint density at radius 3 is 2.32 bits per heavy atom. The molecule has 1 aromatic heterocycles. The second-order valence-corrected chi connectivity index (χ2v) is 14.3. The maximum atomic E-state index is 13.5. The van der Waals surface area contributed by atoms with Gasteiger partial charge >= 0.3 is 0 Å². The van der Waals surface area contributed by atoms with Gasteiger partial charge in [0.25, 0.3) is 5.91 Å². The van der Waals surface area contributed by atoms with Crippen molar-refractivity contribution >= 4 is 33.3 Å². The van der Waals surface area contributed by atoms with Crippen LogP contribution in [0.2, 0.25) is 0 Å². The van der Waals surface area contributed by atoms with E-state index in [1.165, 1.54) is 7.11 Å². The minimum atomic E-state index is -3.60. The van der Waals surface area contributed by atoms with Crippen LogP contribution in [-0.4, -0.2) is 68.7 Å². The van der Waals surface area contributed by atoms with Gasteiger partial charge in [-0.25, -0.2) is 13.4 Å². The topological polar surface area (TPSA) is 135 Å². The molecule has 0 unspecified atom stereocenters. The van der Waals surface area contributed by atoms with Crippen LogP contribution in [0.4, 0.5) is 17.3 Å². The summed E-state index contributed by atoms with van der Waals surface area (Å²) in [6, 6.07) is 11.2. The molecule has 0 bridgehead atoms. The Labute approximate surface area is 260 Å². The van der Waals surface area contributed by atoms with E-state index in [2.05, 4.69) is 44.3 Å². The number of benzene rings is 2. The summed E-state index contributed by atoms with van der Waals surface area (Å²) < 4.78 is 38.3. The molecule has 1 amide bonds. The van der Waals surface area contributed by atoms with Crippen molar-refractivity contribution in [1.82, 2.24) is 14.9 Å². The van der Waals surface area contributed by atoms with Gasteiger partial charge < -0.3 is 25.0 Å². The van der Waals surface area contributed by atoms with Gasteiger partial charge in [-0.15, -0.1) is 0 Å². The zero-order chi connectivity index (χ0) is 32.2. The highest BCUT2D eigenvalue weighted by molar-refractivity contribution is 7.92. The molecule has 1 saturated carbocycles. The lowest BCUT2D eigenvalue weighted by Crippen LogP contribution is -2.36. The van der Waals surface area contributed by atoms with E-state index in [1.54, 1.807) is 42.6 Å². The first kappa shape index (κ1) is 33.0. The molecule has 1 aliphatic rings. The first-order valence-corrected chi connectivity index (χ1v) is 16.6. The number of aromatic nitrogens is 2. The first-order valence-electron chi connectivity index (χ1n) is 14.7. The fourth-order valence-electron chi connectivity index (χ4n) is 5.20. The van der Waals surface area contributed by atoms with Crippen molar-refractivity contribution in [2.45, 2.75) is 70.9 Å². The van der Waals surface area contributed by atoms with Crippen molar-refractivity contribution < 1.29 is 22.7 Å². The molecule has 1 fully saturated rings. The molecular weight excluding hydrogens is 580 g/mol. The number of amides is 1. The van der Waals surface area contributed by atoms with Crippen LogP contribution < -0.4 is 24.8 Å². The number of hydrogen-bond donors (Lipinski definition) is 3. The summed E-state index contributed by atoms with van der Waals surface area (Å²) in [5.74, 6) is 1.14. The number of nitrogens with one attached hydrogen (secondary N) is 3. The summed E-state index contributed by atoms with van der Waals surface area (Å²) in [6.45, 7) is 7.88. The molecule has 1 aliphatic carbocycles. The molecule has 4 rings (SSSR count). The lowest BCUT2D eigenvalue weighted by atomic mass is 9.86. The highest BCUT2D eigenvalue weighted by Crippen LogP contribution is 2.39. The second kappa shape index (κ2) is 13.4. The quantitative estimate of drug-likeness (QED) is 0.256. The lowest BCUT2D eigenvalue weighted by Gasteiger charge is -2.32. The second-order valence-electron chi connectivity index (χ2n) is 12.6. The first-order chi connectivity index (χ1) is 20.6. The molecule has 12 heteroatoms. The van der Waals surface area contributed by atoms with Crippen molar-refractivity contribution in [1.29, 1.82) is 0 Å². The van der Waals surface area contributed by atoms with E-state index in [4.69, 9.17) is 9.47 Å². The van der Waals surface area contributed by atoms with Gasteiger partial charge in [0, 0.05) is 29.9 Å². The molecular formula is C32H44N6O5S. The van der Waals surface area contributed by atoms with E-state index < -0.39 is 15.9 Å². The molecule has 44 heavy (non-hydrogen) atoms. The number of sulfonamides is 1. The third kappa shape index (κ3) is 8.60. The summed E-state index contributed by atoms with van der Waals surface area (Å²) in [6.07, 6.45) is 7.05. The number of carbonyl (C=O) groups is 1. The van der Waals surface area contributed by atoms with Gasteiger partial charge in [0.15, 0.2) is 5.75 Å². The number of carbonyl (C=O) groups excluding carboxylic acids is 1. The Morgan fingerprint density at radius 1 is 1.02 bits per heavy atom. The van der Waals surface area contributed by atoms with E-state index in [-0.39, 0.29) is 16.9 Å². The van der Waals surface area contributed by atoms with Gasteiger partial charge in [0.2, 0.25) is 21.9 Å². The summed E-state index contributed by atoms with van der Waals surface area (Å²) in [4.78, 5) is 24.7. The van der Waals surface area contributed by atoms with E-state index >= 15 is 0 Å². The Hall–Kier alpha value is -3.90. The lowest BCUT2D eigenvalue weighted by molar-refractivity contribution is 0.102. The van der Waals surface area contributed by atoms with Crippen molar-refractivity contribution in [2.24, 2.45) is 0 Å². The van der Waals surface area contributed by atoms with Crippen LogP contribution in [0.15, 0.2) is 42.6 Å². The number of aryl methyl sites for hydroxylation is 1. The average molecular weight is 625 g/mol. The van der Waals surface area contributed by atoms with Gasteiger partial charge in [0.05, 0.1) is 24.7 Å². The Kier molecular flexibility index (Phi) is 10.0. The van der Waals surface area contributed by atoms with E-state index in [9.17, 15) is 13.2 Å². The number of methoxy groups -OCH3 is 1. The third-order valence-electron chi connectivity index (χ3n) is 7.76. The largest absolute Gasteiger partial charge is 0.492 e. The highest BCUT2D eigenvalue weighted by Gasteiger charge is 2.24. The highest BCUT2D eigenvalue weighted by atomic mass is 32.2. The Balaban J connectivity index is 1.54. The van der Waals surface area contributed by atoms with Crippen molar-refractivity contribution in [3.63, 3.8) is 0 Å². The van der Waals surface area contributed by atoms with Crippen LogP contribution in [0, 0.1) is 6.92 Å². The number of ether oxygens (including phenoxy) is 2. The number of rotatable bonds is 10. The molecule has 238 valence electrons. The average Bonchev–Trinajstić information content (AvgIpc) is 2.93.